The molecular formula is C35H26Cl2Zr. The Hall–Kier alpha value is -2.70. The summed E-state index contributed by atoms with van der Waals surface area (Å²) < 4.78 is 0. The fourth-order valence-electron chi connectivity index (χ4n) is 6.56. The van der Waals surface area contributed by atoms with Crippen molar-refractivity contribution in [3.05, 3.63) is 167 Å². The van der Waals surface area contributed by atoms with Crippen molar-refractivity contribution in [1.82, 2.24) is 0 Å². The van der Waals surface area contributed by atoms with E-state index in [0.717, 1.165) is 6.42 Å². The van der Waals surface area contributed by atoms with Crippen molar-refractivity contribution in [2.75, 3.05) is 0 Å². The third-order valence-electron chi connectivity index (χ3n) is 7.96. The Morgan fingerprint density at radius 2 is 1.11 bits per heavy atom. The molecule has 3 heteroatoms. The second-order valence-electron chi connectivity index (χ2n) is 9.67. The van der Waals surface area contributed by atoms with Crippen molar-refractivity contribution >= 4 is 10.8 Å². The van der Waals surface area contributed by atoms with E-state index in [-0.39, 0.29) is 62.4 Å². The predicted molar refractivity (Wildman–Crippen MR) is 147 cm³/mol. The predicted octanol–water partition coefficient (Wildman–Crippen LogP) is 2.83. The minimum Gasteiger partial charge on any atom is -1.00 e. The molecule has 0 bridgehead atoms. The number of fused-ring (bicyclic) bond motifs is 4. The summed E-state index contributed by atoms with van der Waals surface area (Å²) in [6, 6.07) is 45.0. The fraction of sp³-hybridized carbons (Fsp3) is 0.0857. The molecule has 0 fully saturated rings. The van der Waals surface area contributed by atoms with Gasteiger partial charge < -0.3 is 24.8 Å². The second kappa shape index (κ2) is 11.6. The maximum absolute atomic E-state index is 2.46. The third-order valence-corrected chi connectivity index (χ3v) is 7.96. The van der Waals surface area contributed by atoms with Crippen LogP contribution < -0.4 is 24.8 Å². The summed E-state index contributed by atoms with van der Waals surface area (Å²) in [4.78, 5) is 0. The number of allylic oxidation sites excluding steroid dienone is 4. The van der Waals surface area contributed by atoms with Crippen LogP contribution in [0.2, 0.25) is 0 Å². The summed E-state index contributed by atoms with van der Waals surface area (Å²) >= 11 is 0. The Labute approximate surface area is 256 Å². The van der Waals surface area contributed by atoms with Crippen LogP contribution in [0.15, 0.2) is 145 Å². The van der Waals surface area contributed by atoms with Gasteiger partial charge in [0.2, 0.25) is 0 Å². The van der Waals surface area contributed by atoms with Gasteiger partial charge in [-0.25, -0.2) is 0 Å². The van der Waals surface area contributed by atoms with Gasteiger partial charge in [0.25, 0.3) is 0 Å². The standard InChI is InChI=1S/C35H26.2ClH.Zr/c1-3-15-27(16-4-1)35(29-19-9-10-20-29,28-17-5-2-6-18-28)34-31-22-12-11-21-30(31)32-23-25-13-7-8-14-26(25)24-33(32)34;;;/h1-19,21-24,34H,20H2;2*1H;/q;;;+2/p-2. The molecule has 7 rings (SSSR count). The zero-order valence-electron chi connectivity index (χ0n) is 20.8. The van der Waals surface area contributed by atoms with Gasteiger partial charge >= 0.3 is 26.2 Å². The maximum Gasteiger partial charge on any atom is 2.00 e. The largest absolute Gasteiger partial charge is 2.00 e. The first-order valence-electron chi connectivity index (χ1n) is 12.5. The van der Waals surface area contributed by atoms with Crippen molar-refractivity contribution in [1.29, 1.82) is 0 Å². The molecule has 0 amide bonds. The molecule has 0 saturated heterocycles. The molecule has 2 aliphatic rings. The Balaban J connectivity index is 0.00000112. The summed E-state index contributed by atoms with van der Waals surface area (Å²) in [5.74, 6) is 0.175. The zero-order chi connectivity index (χ0) is 23.2. The Bertz CT molecular complexity index is 1580. The molecule has 1 unspecified atom stereocenters. The van der Waals surface area contributed by atoms with E-state index in [1.807, 2.05) is 0 Å². The fourth-order valence-corrected chi connectivity index (χ4v) is 6.56. The smallest absolute Gasteiger partial charge is 1.00 e. The van der Waals surface area contributed by atoms with E-state index in [1.54, 1.807) is 0 Å². The second-order valence-corrected chi connectivity index (χ2v) is 9.67. The number of rotatable bonds is 4. The van der Waals surface area contributed by atoms with E-state index < -0.39 is 0 Å². The molecule has 0 saturated carbocycles. The summed E-state index contributed by atoms with van der Waals surface area (Å²) in [7, 11) is 0. The van der Waals surface area contributed by atoms with Gasteiger partial charge in [-0.1, -0.05) is 133 Å². The van der Waals surface area contributed by atoms with Crippen LogP contribution in [0.5, 0.6) is 0 Å². The van der Waals surface area contributed by atoms with Gasteiger partial charge in [0.05, 0.1) is 5.41 Å². The van der Waals surface area contributed by atoms with E-state index in [2.05, 4.69) is 140 Å². The van der Waals surface area contributed by atoms with Crippen LogP contribution >= 0.6 is 0 Å². The first-order chi connectivity index (χ1) is 17.4. The first-order valence-corrected chi connectivity index (χ1v) is 12.5. The molecular weight excluding hydrogens is 583 g/mol. The number of halogens is 2. The molecule has 5 aromatic rings. The van der Waals surface area contributed by atoms with E-state index in [9.17, 15) is 0 Å². The van der Waals surface area contributed by atoms with Crippen LogP contribution in [0, 0.1) is 0 Å². The third kappa shape index (κ3) is 4.26. The molecule has 2 aliphatic carbocycles. The van der Waals surface area contributed by atoms with Gasteiger partial charge in [-0.3, -0.25) is 0 Å². The van der Waals surface area contributed by atoms with E-state index >= 15 is 0 Å². The number of hydrogen-bond donors (Lipinski definition) is 0. The van der Waals surface area contributed by atoms with Crippen molar-refractivity contribution in [3.63, 3.8) is 0 Å². The van der Waals surface area contributed by atoms with E-state index in [0.29, 0.717) is 0 Å². The normalized spacial score (nSPS) is 14.9. The van der Waals surface area contributed by atoms with Crippen molar-refractivity contribution in [3.8, 4) is 11.1 Å². The van der Waals surface area contributed by atoms with Gasteiger partial charge in [-0.2, -0.15) is 0 Å². The molecule has 38 heavy (non-hydrogen) atoms. The Morgan fingerprint density at radius 3 is 1.71 bits per heavy atom. The summed E-state index contributed by atoms with van der Waals surface area (Å²) in [5, 5.41) is 2.60. The minimum absolute atomic E-state index is 0. The monoisotopic (exact) mass is 606 g/mol. The zero-order valence-corrected chi connectivity index (χ0v) is 24.8. The molecule has 0 spiro atoms. The topological polar surface area (TPSA) is 0 Å². The van der Waals surface area contributed by atoms with Gasteiger partial charge in [0.1, 0.15) is 0 Å². The van der Waals surface area contributed by atoms with Crippen LogP contribution in [0.4, 0.5) is 0 Å². The maximum atomic E-state index is 2.46. The summed E-state index contributed by atoms with van der Waals surface area (Å²) in [5.41, 5.74) is 9.41. The molecule has 0 N–H and O–H groups in total. The minimum atomic E-state index is -0.310. The quantitative estimate of drug-likeness (QED) is 0.295. The Kier molecular flexibility index (Phi) is 8.63. The van der Waals surface area contributed by atoms with Crippen LogP contribution in [-0.2, 0) is 31.6 Å². The summed E-state index contributed by atoms with van der Waals surface area (Å²) in [6.07, 6.45) is 7.86. The molecule has 0 heterocycles. The van der Waals surface area contributed by atoms with Crippen molar-refractivity contribution < 1.29 is 51.0 Å². The van der Waals surface area contributed by atoms with Gasteiger partial charge in [-0.05, 0) is 62.7 Å². The average molecular weight is 609 g/mol. The molecule has 0 nitrogen and oxygen atoms in total. The number of hydrogen-bond acceptors (Lipinski definition) is 0. The molecule has 0 aliphatic heterocycles. The SMILES string of the molecule is C1=CCC(C(c2ccccc2)(c2ccccc2)C2c3ccccc3-c3cc4ccccc4cc32)=C1.[Cl-].[Cl-].[Zr+2]. The molecule has 184 valence electrons. The van der Waals surface area contributed by atoms with Gasteiger partial charge in [0, 0.05) is 5.92 Å². The molecule has 1 atom stereocenters. The van der Waals surface area contributed by atoms with Crippen LogP contribution in [0.1, 0.15) is 34.6 Å². The molecule has 5 aromatic carbocycles. The van der Waals surface area contributed by atoms with Gasteiger partial charge in [-0.15, -0.1) is 0 Å². The van der Waals surface area contributed by atoms with Crippen molar-refractivity contribution in [2.24, 2.45) is 0 Å². The molecule has 0 aromatic heterocycles. The van der Waals surface area contributed by atoms with Crippen molar-refractivity contribution in [2.45, 2.75) is 17.8 Å². The van der Waals surface area contributed by atoms with Crippen LogP contribution in [-0.4, -0.2) is 0 Å². The summed E-state index contributed by atoms with van der Waals surface area (Å²) in [6.45, 7) is 0. The first kappa shape index (κ1) is 28.3. The average Bonchev–Trinajstić information content (AvgIpc) is 3.57. The van der Waals surface area contributed by atoms with E-state index in [4.69, 9.17) is 0 Å². The Morgan fingerprint density at radius 1 is 0.553 bits per heavy atom. The van der Waals surface area contributed by atoms with Gasteiger partial charge in [0.15, 0.2) is 0 Å². The molecule has 0 radical (unpaired) electrons. The van der Waals surface area contributed by atoms with Crippen LogP contribution in [0.25, 0.3) is 21.9 Å². The van der Waals surface area contributed by atoms with Crippen LogP contribution in [0.3, 0.4) is 0 Å². The number of benzene rings is 5. The van der Waals surface area contributed by atoms with E-state index in [1.165, 1.54) is 49.7 Å².